The standard InChI is InChI=1S/C16H15N3O5/c1-3-22-15-10-12(4-6-13(15)23-9-8-17)5-7-14-16(19(20)21)11(2)18-24-14/h4-7,10H,3,9H2,1-2H3/b7-5+. The van der Waals surface area contributed by atoms with Crippen LogP contribution in [0.1, 0.15) is 23.9 Å². The van der Waals surface area contributed by atoms with Gasteiger partial charge in [-0.15, -0.1) is 0 Å². The molecule has 1 aromatic heterocycles. The number of aromatic nitrogens is 1. The Kier molecular flexibility index (Phi) is 5.52. The van der Waals surface area contributed by atoms with E-state index in [9.17, 15) is 10.1 Å². The van der Waals surface area contributed by atoms with Crippen LogP contribution in [0.25, 0.3) is 12.2 Å². The summed E-state index contributed by atoms with van der Waals surface area (Å²) in [6.07, 6.45) is 3.11. The molecule has 2 rings (SSSR count). The maximum absolute atomic E-state index is 11.0. The van der Waals surface area contributed by atoms with Gasteiger partial charge in [-0.2, -0.15) is 5.26 Å². The van der Waals surface area contributed by atoms with Crippen LogP contribution >= 0.6 is 0 Å². The lowest BCUT2D eigenvalue weighted by molar-refractivity contribution is -0.386. The van der Waals surface area contributed by atoms with E-state index in [0.29, 0.717) is 18.1 Å². The molecule has 0 aliphatic heterocycles. The van der Waals surface area contributed by atoms with E-state index in [1.54, 1.807) is 24.3 Å². The molecular weight excluding hydrogens is 314 g/mol. The molecule has 0 saturated carbocycles. The van der Waals surface area contributed by atoms with Crippen molar-refractivity contribution in [2.45, 2.75) is 13.8 Å². The third-order valence-corrected chi connectivity index (χ3v) is 3.03. The Morgan fingerprint density at radius 1 is 1.38 bits per heavy atom. The number of hydrogen-bond donors (Lipinski definition) is 0. The first-order chi connectivity index (χ1) is 11.6. The van der Waals surface area contributed by atoms with Crippen LogP contribution in [-0.4, -0.2) is 23.3 Å². The molecule has 0 saturated heterocycles. The molecule has 0 atom stereocenters. The number of benzene rings is 1. The predicted molar refractivity (Wildman–Crippen MR) is 85.5 cm³/mol. The quantitative estimate of drug-likeness (QED) is 0.565. The maximum atomic E-state index is 11.0. The number of aryl methyl sites for hydroxylation is 1. The average Bonchev–Trinajstić information content (AvgIpc) is 2.93. The Hall–Kier alpha value is -3.34. The van der Waals surface area contributed by atoms with Crippen molar-refractivity contribution in [1.29, 1.82) is 5.26 Å². The van der Waals surface area contributed by atoms with E-state index in [1.807, 2.05) is 13.0 Å². The zero-order valence-corrected chi connectivity index (χ0v) is 13.2. The molecule has 0 fully saturated rings. The van der Waals surface area contributed by atoms with Crippen LogP contribution in [0.15, 0.2) is 22.7 Å². The molecule has 0 spiro atoms. The molecule has 0 radical (unpaired) electrons. The minimum atomic E-state index is -0.532. The number of hydrogen-bond acceptors (Lipinski definition) is 7. The Morgan fingerprint density at radius 2 is 2.17 bits per heavy atom. The fraction of sp³-hybridized carbons (Fsp3) is 0.250. The molecule has 0 unspecified atom stereocenters. The summed E-state index contributed by atoms with van der Waals surface area (Å²) < 4.78 is 15.7. The van der Waals surface area contributed by atoms with Crippen molar-refractivity contribution >= 4 is 17.8 Å². The van der Waals surface area contributed by atoms with Gasteiger partial charge in [0.05, 0.1) is 11.5 Å². The topological polar surface area (TPSA) is 111 Å². The second-order valence-corrected chi connectivity index (χ2v) is 4.66. The second-order valence-electron chi connectivity index (χ2n) is 4.66. The van der Waals surface area contributed by atoms with E-state index in [0.717, 1.165) is 5.56 Å². The summed E-state index contributed by atoms with van der Waals surface area (Å²) in [5.41, 5.74) is 0.784. The first kappa shape index (κ1) is 17.0. The summed E-state index contributed by atoms with van der Waals surface area (Å²) in [6.45, 7) is 3.69. The van der Waals surface area contributed by atoms with Crippen molar-refractivity contribution in [3.63, 3.8) is 0 Å². The van der Waals surface area contributed by atoms with Gasteiger partial charge in [0.1, 0.15) is 6.07 Å². The van der Waals surface area contributed by atoms with Crippen LogP contribution < -0.4 is 9.47 Å². The van der Waals surface area contributed by atoms with Gasteiger partial charge in [0.25, 0.3) is 0 Å². The van der Waals surface area contributed by atoms with Crippen LogP contribution in [0.4, 0.5) is 5.69 Å². The highest BCUT2D eigenvalue weighted by atomic mass is 16.6. The predicted octanol–water partition coefficient (Wildman–Crippen LogP) is 3.36. The van der Waals surface area contributed by atoms with Gasteiger partial charge >= 0.3 is 5.69 Å². The summed E-state index contributed by atoms with van der Waals surface area (Å²) in [6, 6.07) is 7.01. The molecule has 0 amide bonds. The summed E-state index contributed by atoms with van der Waals surface area (Å²) in [5.74, 6) is 1.01. The Labute approximate surface area is 138 Å². The Morgan fingerprint density at radius 3 is 2.83 bits per heavy atom. The molecule has 2 aromatic rings. The van der Waals surface area contributed by atoms with E-state index in [1.165, 1.54) is 13.0 Å². The second kappa shape index (κ2) is 7.78. The molecule has 1 aromatic carbocycles. The molecule has 124 valence electrons. The van der Waals surface area contributed by atoms with Crippen molar-refractivity contribution in [2.24, 2.45) is 0 Å². The van der Waals surface area contributed by atoms with E-state index < -0.39 is 4.92 Å². The van der Waals surface area contributed by atoms with Crippen molar-refractivity contribution in [2.75, 3.05) is 13.2 Å². The highest BCUT2D eigenvalue weighted by Gasteiger charge is 2.21. The minimum absolute atomic E-state index is 0.0697. The Balaban J connectivity index is 2.28. The van der Waals surface area contributed by atoms with Gasteiger partial charge in [-0.25, -0.2) is 0 Å². The SMILES string of the molecule is CCOc1cc(/C=C/c2onc(C)c2[N+](=O)[O-])ccc1OCC#N. The molecule has 8 heteroatoms. The molecule has 0 aliphatic carbocycles. The largest absolute Gasteiger partial charge is 0.490 e. The van der Waals surface area contributed by atoms with Crippen molar-refractivity contribution in [3.8, 4) is 17.6 Å². The first-order valence-corrected chi connectivity index (χ1v) is 7.12. The third kappa shape index (κ3) is 3.89. The monoisotopic (exact) mass is 329 g/mol. The smallest absolute Gasteiger partial charge is 0.338 e. The summed E-state index contributed by atoms with van der Waals surface area (Å²) in [4.78, 5) is 10.5. The lowest BCUT2D eigenvalue weighted by Gasteiger charge is -2.10. The van der Waals surface area contributed by atoms with E-state index in [-0.39, 0.29) is 23.7 Å². The van der Waals surface area contributed by atoms with E-state index in [4.69, 9.17) is 19.3 Å². The maximum Gasteiger partial charge on any atom is 0.338 e. The fourth-order valence-electron chi connectivity index (χ4n) is 2.01. The molecule has 0 aliphatic rings. The van der Waals surface area contributed by atoms with Crippen molar-refractivity contribution in [3.05, 3.63) is 45.3 Å². The summed E-state index contributed by atoms with van der Waals surface area (Å²) >= 11 is 0. The highest BCUT2D eigenvalue weighted by Crippen LogP contribution is 2.30. The van der Waals surface area contributed by atoms with E-state index in [2.05, 4.69) is 5.16 Å². The lowest BCUT2D eigenvalue weighted by atomic mass is 10.1. The summed E-state index contributed by atoms with van der Waals surface area (Å²) in [7, 11) is 0. The molecular formula is C16H15N3O5. The van der Waals surface area contributed by atoms with Gasteiger partial charge in [-0.3, -0.25) is 10.1 Å². The zero-order chi connectivity index (χ0) is 17.5. The number of nitriles is 1. The van der Waals surface area contributed by atoms with Crippen LogP contribution in [-0.2, 0) is 0 Å². The molecule has 1 heterocycles. The Bertz CT molecular complexity index is 805. The van der Waals surface area contributed by atoms with E-state index >= 15 is 0 Å². The van der Waals surface area contributed by atoms with Crippen LogP contribution in [0, 0.1) is 28.4 Å². The molecule has 0 N–H and O–H groups in total. The average molecular weight is 329 g/mol. The van der Waals surface area contributed by atoms with Gasteiger partial charge in [-0.05, 0) is 37.6 Å². The molecule has 0 bridgehead atoms. The lowest BCUT2D eigenvalue weighted by Crippen LogP contribution is -1.99. The van der Waals surface area contributed by atoms with Gasteiger partial charge in [0.2, 0.25) is 5.76 Å². The first-order valence-electron chi connectivity index (χ1n) is 7.12. The fourth-order valence-corrected chi connectivity index (χ4v) is 2.01. The normalized spacial score (nSPS) is 10.5. The highest BCUT2D eigenvalue weighted by molar-refractivity contribution is 5.72. The number of nitro groups is 1. The minimum Gasteiger partial charge on any atom is -0.490 e. The summed E-state index contributed by atoms with van der Waals surface area (Å²) in [5, 5.41) is 23.2. The van der Waals surface area contributed by atoms with Crippen LogP contribution in [0.5, 0.6) is 11.5 Å². The van der Waals surface area contributed by atoms with Gasteiger partial charge in [0, 0.05) is 0 Å². The van der Waals surface area contributed by atoms with Crippen molar-refractivity contribution < 1.29 is 18.9 Å². The van der Waals surface area contributed by atoms with Crippen LogP contribution in [0.3, 0.4) is 0 Å². The molecule has 24 heavy (non-hydrogen) atoms. The molecule has 8 nitrogen and oxygen atoms in total. The zero-order valence-electron chi connectivity index (χ0n) is 13.2. The van der Waals surface area contributed by atoms with Gasteiger partial charge in [0.15, 0.2) is 23.8 Å². The van der Waals surface area contributed by atoms with Gasteiger partial charge in [-0.1, -0.05) is 17.3 Å². The van der Waals surface area contributed by atoms with Crippen LogP contribution in [0.2, 0.25) is 0 Å². The third-order valence-electron chi connectivity index (χ3n) is 3.03. The van der Waals surface area contributed by atoms with Gasteiger partial charge < -0.3 is 14.0 Å². The number of rotatable bonds is 7. The number of ether oxygens (including phenoxy) is 2. The van der Waals surface area contributed by atoms with Crippen molar-refractivity contribution in [1.82, 2.24) is 5.16 Å². The number of nitrogens with zero attached hydrogens (tertiary/aromatic N) is 3.